The number of nitrogens with zero attached hydrogens (tertiary/aromatic N) is 1. The monoisotopic (exact) mass is 337 g/mol. The molecule has 130 valence electrons. The van der Waals surface area contributed by atoms with Crippen LogP contribution in [0, 0.1) is 0 Å². The molecule has 1 aliphatic heterocycles. The standard InChI is InChI=1S/C21H23NO3/c1-4-19(23)22-18(21(2,3)25-20(22)24)14-15-9-8-12-17(13-15)16-10-6-5-7-11-16/h5-13,18H,4,14H2,1-3H3/t18-/m0/s1. The minimum Gasteiger partial charge on any atom is -0.441 e. The van der Waals surface area contributed by atoms with E-state index in [4.69, 9.17) is 4.74 Å². The number of benzene rings is 2. The van der Waals surface area contributed by atoms with Gasteiger partial charge in [0.15, 0.2) is 0 Å². The highest BCUT2D eigenvalue weighted by Gasteiger charge is 2.49. The molecule has 2 amide bonds. The molecule has 2 aromatic rings. The fourth-order valence-electron chi connectivity index (χ4n) is 3.30. The highest BCUT2D eigenvalue weighted by molar-refractivity contribution is 5.94. The van der Waals surface area contributed by atoms with Crippen molar-refractivity contribution in [1.82, 2.24) is 4.90 Å². The van der Waals surface area contributed by atoms with Gasteiger partial charge in [-0.05, 0) is 37.0 Å². The maximum atomic E-state index is 12.2. The number of carbonyl (C=O) groups excluding carboxylic acids is 2. The molecule has 0 aliphatic carbocycles. The molecule has 0 aromatic heterocycles. The molecule has 1 aliphatic rings. The van der Waals surface area contributed by atoms with E-state index in [0.717, 1.165) is 16.7 Å². The van der Waals surface area contributed by atoms with Crippen molar-refractivity contribution in [2.24, 2.45) is 0 Å². The predicted octanol–water partition coefficient (Wildman–Crippen LogP) is 4.43. The lowest BCUT2D eigenvalue weighted by molar-refractivity contribution is -0.129. The Bertz CT molecular complexity index is 783. The van der Waals surface area contributed by atoms with Crippen LogP contribution in [0.15, 0.2) is 54.6 Å². The first kappa shape index (κ1) is 17.2. The Kier molecular flexibility index (Phi) is 4.62. The van der Waals surface area contributed by atoms with E-state index in [-0.39, 0.29) is 18.4 Å². The van der Waals surface area contributed by atoms with Crippen molar-refractivity contribution in [3.63, 3.8) is 0 Å². The first-order valence-corrected chi connectivity index (χ1v) is 8.62. The third-order valence-electron chi connectivity index (χ3n) is 4.70. The molecular formula is C21H23NO3. The van der Waals surface area contributed by atoms with Gasteiger partial charge in [-0.3, -0.25) is 4.79 Å². The molecule has 1 fully saturated rings. The van der Waals surface area contributed by atoms with Crippen molar-refractivity contribution < 1.29 is 14.3 Å². The van der Waals surface area contributed by atoms with Crippen LogP contribution in [-0.4, -0.2) is 28.5 Å². The highest BCUT2D eigenvalue weighted by atomic mass is 16.6. The van der Waals surface area contributed by atoms with Gasteiger partial charge in [0.25, 0.3) is 0 Å². The summed E-state index contributed by atoms with van der Waals surface area (Å²) in [5, 5.41) is 0. The predicted molar refractivity (Wildman–Crippen MR) is 97.1 cm³/mol. The van der Waals surface area contributed by atoms with Gasteiger partial charge < -0.3 is 4.74 Å². The normalized spacial score (nSPS) is 18.9. The minimum absolute atomic E-state index is 0.195. The Morgan fingerprint density at radius 2 is 1.76 bits per heavy atom. The zero-order chi connectivity index (χ0) is 18.0. The van der Waals surface area contributed by atoms with Crippen LogP contribution >= 0.6 is 0 Å². The van der Waals surface area contributed by atoms with Crippen LogP contribution in [0.25, 0.3) is 11.1 Å². The molecular weight excluding hydrogens is 314 g/mol. The molecule has 1 saturated heterocycles. The molecule has 0 radical (unpaired) electrons. The average molecular weight is 337 g/mol. The maximum Gasteiger partial charge on any atom is 0.417 e. The van der Waals surface area contributed by atoms with E-state index in [0.29, 0.717) is 6.42 Å². The van der Waals surface area contributed by atoms with E-state index in [2.05, 4.69) is 24.3 Å². The summed E-state index contributed by atoms with van der Waals surface area (Å²) in [5.41, 5.74) is 2.63. The SMILES string of the molecule is CCC(=O)N1C(=O)OC(C)(C)[C@@H]1Cc1cccc(-c2ccccc2)c1. The second kappa shape index (κ2) is 6.71. The van der Waals surface area contributed by atoms with Crippen LogP contribution in [0.1, 0.15) is 32.8 Å². The quantitative estimate of drug-likeness (QED) is 0.829. The zero-order valence-corrected chi connectivity index (χ0v) is 14.9. The molecule has 1 atom stereocenters. The van der Waals surface area contributed by atoms with Crippen LogP contribution in [0.3, 0.4) is 0 Å². The van der Waals surface area contributed by atoms with Crippen molar-refractivity contribution in [1.29, 1.82) is 0 Å². The van der Waals surface area contributed by atoms with E-state index in [1.165, 1.54) is 4.90 Å². The van der Waals surface area contributed by atoms with Crippen molar-refractivity contribution in [2.75, 3.05) is 0 Å². The molecule has 4 heteroatoms. The number of rotatable bonds is 4. The summed E-state index contributed by atoms with van der Waals surface area (Å²) < 4.78 is 5.45. The third kappa shape index (κ3) is 3.43. The second-order valence-corrected chi connectivity index (χ2v) is 6.88. The van der Waals surface area contributed by atoms with Gasteiger partial charge in [-0.2, -0.15) is 0 Å². The summed E-state index contributed by atoms with van der Waals surface area (Å²) in [6.07, 6.45) is 0.317. The zero-order valence-electron chi connectivity index (χ0n) is 14.9. The third-order valence-corrected chi connectivity index (χ3v) is 4.70. The number of hydrogen-bond acceptors (Lipinski definition) is 3. The van der Waals surface area contributed by atoms with Gasteiger partial charge in [-0.15, -0.1) is 0 Å². The second-order valence-electron chi connectivity index (χ2n) is 6.88. The van der Waals surface area contributed by atoms with Crippen molar-refractivity contribution in [3.05, 3.63) is 60.2 Å². The highest BCUT2D eigenvalue weighted by Crippen LogP contribution is 2.33. The van der Waals surface area contributed by atoms with E-state index < -0.39 is 11.7 Å². The molecule has 0 saturated carbocycles. The van der Waals surface area contributed by atoms with E-state index in [9.17, 15) is 9.59 Å². The van der Waals surface area contributed by atoms with Gasteiger partial charge in [-0.25, -0.2) is 9.69 Å². The van der Waals surface area contributed by atoms with Gasteiger partial charge in [0.1, 0.15) is 5.60 Å². The Morgan fingerprint density at radius 1 is 1.08 bits per heavy atom. The summed E-state index contributed by atoms with van der Waals surface area (Å²) in [4.78, 5) is 25.7. The molecule has 3 rings (SSSR count). The number of amides is 2. The number of ether oxygens (including phenoxy) is 1. The van der Waals surface area contributed by atoms with Crippen molar-refractivity contribution >= 4 is 12.0 Å². The fraction of sp³-hybridized carbons (Fsp3) is 0.333. The first-order valence-electron chi connectivity index (χ1n) is 8.62. The molecule has 4 nitrogen and oxygen atoms in total. The molecule has 0 bridgehead atoms. The Hall–Kier alpha value is -2.62. The number of carbonyl (C=O) groups is 2. The largest absolute Gasteiger partial charge is 0.441 e. The minimum atomic E-state index is -0.704. The Labute approximate surface area is 148 Å². The number of hydrogen-bond donors (Lipinski definition) is 0. The fourth-order valence-corrected chi connectivity index (χ4v) is 3.30. The van der Waals surface area contributed by atoms with Crippen LogP contribution in [0.2, 0.25) is 0 Å². The number of cyclic esters (lactones) is 1. The summed E-state index contributed by atoms with van der Waals surface area (Å²) in [6.45, 7) is 5.48. The topological polar surface area (TPSA) is 46.6 Å². The molecule has 25 heavy (non-hydrogen) atoms. The lowest BCUT2D eigenvalue weighted by atomic mass is 9.91. The van der Waals surface area contributed by atoms with Gasteiger partial charge in [-0.1, -0.05) is 61.5 Å². The number of imide groups is 1. The molecule has 2 aromatic carbocycles. The van der Waals surface area contributed by atoms with Crippen LogP contribution in [0.4, 0.5) is 4.79 Å². The summed E-state index contributed by atoms with van der Waals surface area (Å²) in [6, 6.07) is 18.1. The Morgan fingerprint density at radius 3 is 2.44 bits per heavy atom. The van der Waals surface area contributed by atoms with E-state index >= 15 is 0 Å². The smallest absolute Gasteiger partial charge is 0.417 e. The average Bonchev–Trinajstić information content (AvgIpc) is 2.83. The Balaban J connectivity index is 1.90. The lowest BCUT2D eigenvalue weighted by Crippen LogP contribution is -2.45. The van der Waals surface area contributed by atoms with Crippen LogP contribution < -0.4 is 0 Å². The molecule has 0 N–H and O–H groups in total. The first-order chi connectivity index (χ1) is 11.9. The summed E-state index contributed by atoms with van der Waals surface area (Å²) >= 11 is 0. The van der Waals surface area contributed by atoms with E-state index in [1.807, 2.05) is 44.2 Å². The van der Waals surface area contributed by atoms with Gasteiger partial charge >= 0.3 is 6.09 Å². The summed E-state index contributed by atoms with van der Waals surface area (Å²) in [7, 11) is 0. The molecule has 0 unspecified atom stereocenters. The molecule has 1 heterocycles. The molecule has 0 spiro atoms. The maximum absolute atomic E-state index is 12.2. The lowest BCUT2D eigenvalue weighted by Gasteiger charge is -2.28. The van der Waals surface area contributed by atoms with Crippen molar-refractivity contribution in [2.45, 2.75) is 45.3 Å². The van der Waals surface area contributed by atoms with Gasteiger partial charge in [0.2, 0.25) is 5.91 Å². The summed E-state index contributed by atoms with van der Waals surface area (Å²) in [5.74, 6) is -0.195. The van der Waals surface area contributed by atoms with Gasteiger partial charge in [0, 0.05) is 6.42 Å². The van der Waals surface area contributed by atoms with Gasteiger partial charge in [0.05, 0.1) is 6.04 Å². The van der Waals surface area contributed by atoms with E-state index in [1.54, 1.807) is 6.92 Å². The van der Waals surface area contributed by atoms with Crippen LogP contribution in [-0.2, 0) is 16.0 Å². The van der Waals surface area contributed by atoms with Crippen LogP contribution in [0.5, 0.6) is 0 Å². The van der Waals surface area contributed by atoms with Crippen molar-refractivity contribution in [3.8, 4) is 11.1 Å².